The Morgan fingerprint density at radius 3 is 2.78 bits per heavy atom. The quantitative estimate of drug-likeness (QED) is 0.296. The summed E-state index contributed by atoms with van der Waals surface area (Å²) in [6.45, 7) is 1.98. The van der Waals surface area contributed by atoms with E-state index in [0.29, 0.717) is 0 Å². The van der Waals surface area contributed by atoms with Gasteiger partial charge < -0.3 is 25.0 Å². The van der Waals surface area contributed by atoms with Gasteiger partial charge in [-0.2, -0.15) is 0 Å². The van der Waals surface area contributed by atoms with Crippen molar-refractivity contribution in [1.82, 2.24) is 5.32 Å². The number of carboxylic acid groups (broad SMARTS) is 1. The van der Waals surface area contributed by atoms with Gasteiger partial charge in [-0.05, 0) is 56.0 Å². The van der Waals surface area contributed by atoms with Crippen LogP contribution >= 0.6 is 7.37 Å². The Bertz CT molecular complexity index is 696. The van der Waals surface area contributed by atoms with E-state index < -0.39 is 19.4 Å². The average Bonchev–Trinajstić information content (AvgIpc) is 2.59. The van der Waals surface area contributed by atoms with Gasteiger partial charge in [0.25, 0.3) is 0 Å². The molecule has 0 radical (unpaired) electrons. The van der Waals surface area contributed by atoms with Crippen LogP contribution < -0.4 is 29.1 Å². The number of aromatic carboxylic acids is 1. The molecule has 0 saturated carbocycles. The molecule has 27 heavy (non-hydrogen) atoms. The molecule has 0 amide bonds. The van der Waals surface area contributed by atoms with Crippen LogP contribution in [0, 0.1) is 5.92 Å². The first kappa shape index (κ1) is 24.2. The van der Waals surface area contributed by atoms with Crippen molar-refractivity contribution in [2.75, 3.05) is 18.9 Å². The van der Waals surface area contributed by atoms with Crippen molar-refractivity contribution in [2.45, 2.75) is 38.3 Å². The van der Waals surface area contributed by atoms with Crippen LogP contribution in [0.25, 0.3) is 0 Å². The summed E-state index contributed by atoms with van der Waals surface area (Å²) in [6.07, 6.45) is 5.62. The van der Waals surface area contributed by atoms with Crippen LogP contribution in [0.3, 0.4) is 0 Å². The van der Waals surface area contributed by atoms with Crippen molar-refractivity contribution in [3.05, 3.63) is 47.5 Å². The molecule has 0 bridgehead atoms. The summed E-state index contributed by atoms with van der Waals surface area (Å²) in [5, 5.41) is 22.2. The van der Waals surface area contributed by atoms with Crippen molar-refractivity contribution in [3.8, 4) is 0 Å². The molecule has 2 rings (SSSR count). The molecule has 1 aliphatic carbocycles. The predicted octanol–water partition coefficient (Wildman–Crippen LogP) is -0.605. The van der Waals surface area contributed by atoms with Crippen molar-refractivity contribution in [1.29, 1.82) is 0 Å². The van der Waals surface area contributed by atoms with E-state index in [0.717, 1.165) is 24.8 Å². The van der Waals surface area contributed by atoms with Crippen LogP contribution in [0.5, 0.6) is 0 Å². The second-order valence-corrected chi connectivity index (χ2v) is 9.40. The van der Waals surface area contributed by atoms with E-state index >= 15 is 0 Å². The second kappa shape index (κ2) is 11.2. The van der Waals surface area contributed by atoms with Crippen molar-refractivity contribution in [2.24, 2.45) is 5.92 Å². The summed E-state index contributed by atoms with van der Waals surface area (Å²) in [5.41, 5.74) is 0.971. The fourth-order valence-electron chi connectivity index (χ4n) is 3.25. The maximum absolute atomic E-state index is 12.3. The molecule has 0 aliphatic heterocycles. The number of nitrogens with one attached hydrogen (secondary N) is 1. The molecule has 1 aliphatic rings. The summed E-state index contributed by atoms with van der Waals surface area (Å²) in [5.74, 6) is -0.842. The van der Waals surface area contributed by atoms with Gasteiger partial charge in [0.1, 0.15) is 0 Å². The van der Waals surface area contributed by atoms with Gasteiger partial charge >= 0.3 is 24.8 Å². The van der Waals surface area contributed by atoms with Crippen LogP contribution in [0.1, 0.15) is 48.1 Å². The number of benzene rings is 1. The van der Waals surface area contributed by atoms with Crippen molar-refractivity contribution >= 4 is 13.3 Å². The van der Waals surface area contributed by atoms with Crippen LogP contribution in [-0.2, 0) is 4.57 Å². The minimum atomic E-state index is -3.62. The van der Waals surface area contributed by atoms with E-state index in [9.17, 15) is 19.4 Å². The van der Waals surface area contributed by atoms with Crippen molar-refractivity contribution < 1.29 is 43.3 Å². The second-order valence-electron chi connectivity index (χ2n) is 7.04. The Balaban J connectivity index is 0.00000364. The number of carbonyl (C=O) groups is 1. The smallest absolute Gasteiger partial charge is 0.799 e. The maximum atomic E-state index is 12.3. The number of hydrogen-bond donors (Lipinski definition) is 3. The van der Waals surface area contributed by atoms with Crippen molar-refractivity contribution in [3.63, 3.8) is 0 Å². The van der Waals surface area contributed by atoms with E-state index in [1.165, 1.54) is 6.07 Å². The summed E-state index contributed by atoms with van der Waals surface area (Å²) in [6, 6.07) is 6.35. The molecular formula is C19H27LiNO5P. The first-order valence-corrected chi connectivity index (χ1v) is 10.9. The third-order valence-corrected chi connectivity index (χ3v) is 6.75. The molecule has 1 aromatic rings. The third-order valence-electron chi connectivity index (χ3n) is 4.70. The molecule has 0 saturated heterocycles. The van der Waals surface area contributed by atoms with Crippen LogP contribution in [0.15, 0.2) is 36.4 Å². The number of rotatable bonds is 9. The van der Waals surface area contributed by atoms with Gasteiger partial charge in [-0.1, -0.05) is 24.3 Å². The zero-order valence-electron chi connectivity index (χ0n) is 16.0. The number of allylic oxidation sites excluding steroid dienone is 2. The number of hydrogen-bond acceptors (Lipinski definition) is 5. The van der Waals surface area contributed by atoms with Gasteiger partial charge in [-0.3, -0.25) is 0 Å². The Labute approximate surface area is 172 Å². The monoisotopic (exact) mass is 387 g/mol. The SMILES string of the molecule is C[C@@H](NC[C@H](O)CP(=O)([O-])CC1CC=CCC1)c1cccc(C(=O)O)c1.[Li+]. The van der Waals surface area contributed by atoms with E-state index in [-0.39, 0.29) is 55.3 Å². The van der Waals surface area contributed by atoms with E-state index in [4.69, 9.17) is 5.11 Å². The molecule has 8 heteroatoms. The van der Waals surface area contributed by atoms with Gasteiger partial charge in [-0.15, -0.1) is 0 Å². The molecule has 1 aromatic carbocycles. The number of aliphatic hydroxyl groups is 1. The van der Waals surface area contributed by atoms with E-state index in [1.54, 1.807) is 18.2 Å². The summed E-state index contributed by atoms with van der Waals surface area (Å²) >= 11 is 0. The molecule has 4 atom stereocenters. The summed E-state index contributed by atoms with van der Waals surface area (Å²) in [4.78, 5) is 23.3. The number of carboxylic acids is 1. The summed E-state index contributed by atoms with van der Waals surface area (Å²) < 4.78 is 12.3. The van der Waals surface area contributed by atoms with Gasteiger partial charge in [0.15, 0.2) is 0 Å². The Morgan fingerprint density at radius 2 is 2.15 bits per heavy atom. The Morgan fingerprint density at radius 1 is 1.41 bits per heavy atom. The molecular weight excluding hydrogens is 360 g/mol. The molecule has 0 spiro atoms. The van der Waals surface area contributed by atoms with Gasteiger partial charge in [0.05, 0.1) is 11.7 Å². The molecule has 0 heterocycles. The fraction of sp³-hybridized carbons (Fsp3) is 0.526. The molecule has 6 nitrogen and oxygen atoms in total. The topological polar surface area (TPSA) is 110 Å². The van der Waals surface area contributed by atoms with Gasteiger partial charge in [-0.25, -0.2) is 4.79 Å². The normalized spacial score (nSPS) is 20.9. The largest absolute Gasteiger partial charge is 1.00 e. The predicted molar refractivity (Wildman–Crippen MR) is 99.6 cm³/mol. The van der Waals surface area contributed by atoms with Crippen LogP contribution in [0.4, 0.5) is 0 Å². The maximum Gasteiger partial charge on any atom is 1.00 e. The third kappa shape index (κ3) is 8.35. The first-order valence-electron chi connectivity index (χ1n) is 8.95. The minimum absolute atomic E-state index is 0. The standard InChI is InChI=1S/C19H28NO5P.Li/c1-14(16-8-5-9-17(10-16)19(22)23)20-11-18(21)13-26(24,25)12-15-6-3-2-4-7-15;/h2-3,5,8-10,14-15,18,20-21H,4,6-7,11-13H2,1H3,(H,22,23)(H,24,25);/q;+1/p-1/t14-,15?,18+;/m1./s1. The minimum Gasteiger partial charge on any atom is -0.799 e. The first-order chi connectivity index (χ1) is 12.3. The van der Waals surface area contributed by atoms with E-state index in [1.807, 2.05) is 13.0 Å². The molecule has 2 unspecified atom stereocenters. The Hall–Kier alpha value is -0.863. The van der Waals surface area contributed by atoms with Gasteiger partial charge in [0.2, 0.25) is 0 Å². The van der Waals surface area contributed by atoms with E-state index in [2.05, 4.69) is 11.4 Å². The molecule has 144 valence electrons. The Kier molecular flexibility index (Phi) is 10.0. The fourth-order valence-corrected chi connectivity index (χ4v) is 5.29. The van der Waals surface area contributed by atoms with Crippen LogP contribution in [0.2, 0.25) is 0 Å². The molecule has 0 aromatic heterocycles. The molecule has 3 N–H and O–H groups in total. The average molecular weight is 387 g/mol. The van der Waals surface area contributed by atoms with Gasteiger partial charge in [0, 0.05) is 26.1 Å². The molecule has 0 fully saturated rings. The zero-order valence-corrected chi connectivity index (χ0v) is 16.9. The van der Waals surface area contributed by atoms with Crippen LogP contribution in [-0.4, -0.2) is 41.2 Å². The summed E-state index contributed by atoms with van der Waals surface area (Å²) in [7, 11) is -3.62. The zero-order chi connectivity index (χ0) is 19.2. The number of aliphatic hydroxyl groups excluding tert-OH is 1.